The summed E-state index contributed by atoms with van der Waals surface area (Å²) >= 11 is 0. The number of carbonyl (C=O) groups is 1. The maximum atomic E-state index is 12.5. The van der Waals surface area contributed by atoms with E-state index < -0.39 is 0 Å². The molecule has 2 heterocycles. The number of hydrogen-bond acceptors (Lipinski definition) is 3. The molecular weight excluding hydrogens is 254 g/mol. The van der Waals surface area contributed by atoms with Gasteiger partial charge in [0.1, 0.15) is 5.76 Å². The third-order valence-corrected chi connectivity index (χ3v) is 3.39. The van der Waals surface area contributed by atoms with Gasteiger partial charge in [0, 0.05) is 24.5 Å². The molecule has 0 atom stereocenters. The zero-order valence-corrected chi connectivity index (χ0v) is 11.4. The van der Waals surface area contributed by atoms with Gasteiger partial charge in [-0.1, -0.05) is 18.2 Å². The SMILES string of the molecule is Cc1occc1CN(C)C(=O)c1n[nH]c2ccccc12. The van der Waals surface area contributed by atoms with E-state index in [4.69, 9.17) is 4.42 Å². The zero-order chi connectivity index (χ0) is 14.1. The number of rotatable bonds is 3. The molecule has 1 N–H and O–H groups in total. The predicted molar refractivity (Wildman–Crippen MR) is 75.3 cm³/mol. The largest absolute Gasteiger partial charge is 0.469 e. The summed E-state index contributed by atoms with van der Waals surface area (Å²) < 4.78 is 5.25. The van der Waals surface area contributed by atoms with E-state index in [1.165, 1.54) is 0 Å². The molecule has 5 nitrogen and oxygen atoms in total. The van der Waals surface area contributed by atoms with Crippen molar-refractivity contribution in [3.05, 3.63) is 53.6 Å². The summed E-state index contributed by atoms with van der Waals surface area (Å²) in [6.45, 7) is 2.39. The molecule has 0 saturated heterocycles. The van der Waals surface area contributed by atoms with Crippen molar-refractivity contribution < 1.29 is 9.21 Å². The first-order valence-corrected chi connectivity index (χ1v) is 6.38. The number of H-pyrrole nitrogens is 1. The van der Waals surface area contributed by atoms with Crippen LogP contribution in [0.4, 0.5) is 0 Å². The monoisotopic (exact) mass is 269 g/mol. The fourth-order valence-corrected chi connectivity index (χ4v) is 2.21. The number of aromatic nitrogens is 2. The van der Waals surface area contributed by atoms with Crippen LogP contribution in [0, 0.1) is 6.92 Å². The van der Waals surface area contributed by atoms with E-state index in [9.17, 15) is 4.79 Å². The van der Waals surface area contributed by atoms with Crippen molar-refractivity contribution in [3.63, 3.8) is 0 Å². The molecule has 2 aromatic heterocycles. The van der Waals surface area contributed by atoms with Gasteiger partial charge in [0.2, 0.25) is 0 Å². The molecule has 0 bridgehead atoms. The third-order valence-electron chi connectivity index (χ3n) is 3.39. The molecule has 0 saturated carbocycles. The highest BCUT2D eigenvalue weighted by Gasteiger charge is 2.19. The lowest BCUT2D eigenvalue weighted by Crippen LogP contribution is -2.26. The first kappa shape index (κ1) is 12.5. The van der Waals surface area contributed by atoms with Crippen molar-refractivity contribution in [2.75, 3.05) is 7.05 Å². The fraction of sp³-hybridized carbons (Fsp3) is 0.200. The van der Waals surface area contributed by atoms with Crippen LogP contribution in [0.2, 0.25) is 0 Å². The molecule has 3 rings (SSSR count). The molecule has 102 valence electrons. The lowest BCUT2D eigenvalue weighted by Gasteiger charge is -2.15. The number of benzene rings is 1. The summed E-state index contributed by atoms with van der Waals surface area (Å²) in [6.07, 6.45) is 1.63. The Morgan fingerprint density at radius 1 is 1.35 bits per heavy atom. The maximum absolute atomic E-state index is 12.5. The number of para-hydroxylation sites is 1. The molecule has 3 aromatic rings. The van der Waals surface area contributed by atoms with Gasteiger partial charge in [-0.05, 0) is 19.1 Å². The van der Waals surface area contributed by atoms with Gasteiger partial charge in [0.25, 0.3) is 5.91 Å². The van der Waals surface area contributed by atoms with E-state index in [1.54, 1.807) is 18.2 Å². The Balaban J connectivity index is 1.87. The average Bonchev–Trinajstić information content (AvgIpc) is 3.05. The lowest BCUT2D eigenvalue weighted by atomic mass is 10.2. The quantitative estimate of drug-likeness (QED) is 0.795. The predicted octanol–water partition coefficient (Wildman–Crippen LogP) is 2.74. The van der Waals surface area contributed by atoms with Crippen LogP contribution in [0.25, 0.3) is 10.9 Å². The van der Waals surface area contributed by atoms with Crippen LogP contribution in [0.1, 0.15) is 21.8 Å². The third kappa shape index (κ3) is 2.07. The van der Waals surface area contributed by atoms with Crippen LogP contribution < -0.4 is 0 Å². The van der Waals surface area contributed by atoms with E-state index in [1.807, 2.05) is 37.3 Å². The Bertz CT molecular complexity index is 757. The molecule has 20 heavy (non-hydrogen) atoms. The Morgan fingerprint density at radius 2 is 2.15 bits per heavy atom. The lowest BCUT2D eigenvalue weighted by molar-refractivity contribution is 0.0780. The number of amides is 1. The molecule has 1 aromatic carbocycles. The molecule has 0 unspecified atom stereocenters. The first-order chi connectivity index (χ1) is 9.66. The molecular formula is C15H15N3O2. The Labute approximate surface area is 116 Å². The van der Waals surface area contributed by atoms with Gasteiger partial charge in [-0.25, -0.2) is 0 Å². The topological polar surface area (TPSA) is 62.1 Å². The van der Waals surface area contributed by atoms with Crippen molar-refractivity contribution in [1.82, 2.24) is 15.1 Å². The number of aromatic amines is 1. The number of hydrogen-bond donors (Lipinski definition) is 1. The number of fused-ring (bicyclic) bond motifs is 1. The van der Waals surface area contributed by atoms with Gasteiger partial charge < -0.3 is 9.32 Å². The van der Waals surface area contributed by atoms with Crippen LogP contribution in [0.15, 0.2) is 41.0 Å². The van der Waals surface area contributed by atoms with Gasteiger partial charge in [-0.15, -0.1) is 0 Å². The van der Waals surface area contributed by atoms with Gasteiger partial charge in [-0.3, -0.25) is 9.89 Å². The van der Waals surface area contributed by atoms with E-state index in [0.29, 0.717) is 12.2 Å². The molecule has 0 radical (unpaired) electrons. The maximum Gasteiger partial charge on any atom is 0.275 e. The smallest absolute Gasteiger partial charge is 0.275 e. The second kappa shape index (κ2) is 4.85. The summed E-state index contributed by atoms with van der Waals surface area (Å²) in [5, 5.41) is 7.85. The number of nitrogens with one attached hydrogen (secondary N) is 1. The van der Waals surface area contributed by atoms with Crippen LogP contribution in [0.3, 0.4) is 0 Å². The van der Waals surface area contributed by atoms with E-state index in [0.717, 1.165) is 22.2 Å². The summed E-state index contributed by atoms with van der Waals surface area (Å²) in [4.78, 5) is 14.1. The first-order valence-electron chi connectivity index (χ1n) is 6.38. The highest BCUT2D eigenvalue weighted by molar-refractivity contribution is 6.04. The number of aryl methyl sites for hydroxylation is 1. The second-order valence-corrected chi connectivity index (χ2v) is 4.78. The fourth-order valence-electron chi connectivity index (χ4n) is 2.21. The minimum atomic E-state index is -0.108. The number of nitrogens with zero attached hydrogens (tertiary/aromatic N) is 2. The molecule has 1 amide bonds. The van der Waals surface area contributed by atoms with E-state index >= 15 is 0 Å². The summed E-state index contributed by atoms with van der Waals surface area (Å²) in [7, 11) is 1.76. The summed E-state index contributed by atoms with van der Waals surface area (Å²) in [5.74, 6) is 0.722. The van der Waals surface area contributed by atoms with Crippen LogP contribution in [-0.2, 0) is 6.54 Å². The highest BCUT2D eigenvalue weighted by Crippen LogP contribution is 2.18. The molecule has 0 aliphatic heterocycles. The van der Waals surface area contributed by atoms with Gasteiger partial charge in [0.05, 0.1) is 11.8 Å². The molecule has 5 heteroatoms. The number of furan rings is 1. The Morgan fingerprint density at radius 3 is 2.90 bits per heavy atom. The van der Waals surface area contributed by atoms with Crippen molar-refractivity contribution in [2.24, 2.45) is 0 Å². The summed E-state index contributed by atoms with van der Waals surface area (Å²) in [6, 6.07) is 9.48. The Hall–Kier alpha value is -2.56. The van der Waals surface area contributed by atoms with Gasteiger partial charge in [-0.2, -0.15) is 5.10 Å². The van der Waals surface area contributed by atoms with Crippen molar-refractivity contribution >= 4 is 16.8 Å². The molecule has 0 aliphatic rings. The van der Waals surface area contributed by atoms with Crippen LogP contribution in [0.5, 0.6) is 0 Å². The molecule has 0 fully saturated rings. The standard InChI is InChI=1S/C15H15N3O2/c1-10-11(7-8-20-10)9-18(2)15(19)14-12-5-3-4-6-13(12)16-17-14/h3-8H,9H2,1-2H3,(H,16,17). The van der Waals surface area contributed by atoms with Crippen molar-refractivity contribution in [2.45, 2.75) is 13.5 Å². The highest BCUT2D eigenvalue weighted by atomic mass is 16.3. The minimum absolute atomic E-state index is 0.108. The zero-order valence-electron chi connectivity index (χ0n) is 11.4. The van der Waals surface area contributed by atoms with E-state index in [-0.39, 0.29) is 5.91 Å². The molecule has 0 spiro atoms. The molecule has 0 aliphatic carbocycles. The van der Waals surface area contributed by atoms with Crippen LogP contribution >= 0.6 is 0 Å². The van der Waals surface area contributed by atoms with Crippen molar-refractivity contribution in [1.29, 1.82) is 0 Å². The second-order valence-electron chi connectivity index (χ2n) is 4.78. The van der Waals surface area contributed by atoms with Crippen molar-refractivity contribution in [3.8, 4) is 0 Å². The minimum Gasteiger partial charge on any atom is -0.469 e. The number of carbonyl (C=O) groups excluding carboxylic acids is 1. The van der Waals surface area contributed by atoms with E-state index in [2.05, 4.69) is 10.2 Å². The summed E-state index contributed by atoms with van der Waals surface area (Å²) in [5.41, 5.74) is 2.31. The Kier molecular flexibility index (Phi) is 3.02. The normalized spacial score (nSPS) is 10.9. The van der Waals surface area contributed by atoms with Crippen LogP contribution in [-0.4, -0.2) is 28.1 Å². The van der Waals surface area contributed by atoms with Gasteiger partial charge >= 0.3 is 0 Å². The average molecular weight is 269 g/mol. The van der Waals surface area contributed by atoms with Gasteiger partial charge in [0.15, 0.2) is 5.69 Å².